The molecule has 1 aromatic heterocycles. The predicted octanol–water partition coefficient (Wildman–Crippen LogP) is 2.30. The summed E-state index contributed by atoms with van der Waals surface area (Å²) in [6.07, 6.45) is 2.24. The van der Waals surface area contributed by atoms with E-state index in [1.54, 1.807) is 41.5 Å². The smallest absolute Gasteiger partial charge is 0.419 e. The largest absolute Gasteiger partial charge is 0.444 e. The van der Waals surface area contributed by atoms with E-state index < -0.39 is 29.4 Å². The molecule has 8 heteroatoms. The van der Waals surface area contributed by atoms with E-state index in [9.17, 15) is 14.4 Å². The van der Waals surface area contributed by atoms with Crippen LogP contribution in [0.15, 0.2) is 12.5 Å². The van der Waals surface area contributed by atoms with Gasteiger partial charge in [-0.3, -0.25) is 0 Å². The third-order valence-electron chi connectivity index (χ3n) is 2.54. The number of nitrogens with zero attached hydrogens (tertiary/aromatic N) is 2. The Morgan fingerprint density at radius 2 is 1.79 bits per heavy atom. The Kier molecular flexibility index (Phi) is 6.11. The van der Waals surface area contributed by atoms with Gasteiger partial charge in [-0.25, -0.2) is 19.1 Å². The zero-order valence-corrected chi connectivity index (χ0v) is 15.0. The number of amides is 1. The molecule has 0 unspecified atom stereocenters. The SMILES string of the molecule is CC(C)(C)OC(=O)N[C@H](C=O)Cc1cn(C(=O)OC(C)(C)C)cn1. The van der Waals surface area contributed by atoms with Crippen LogP contribution < -0.4 is 5.32 Å². The fourth-order valence-electron chi connectivity index (χ4n) is 1.70. The van der Waals surface area contributed by atoms with Gasteiger partial charge in [0.25, 0.3) is 0 Å². The number of imidazole rings is 1. The Morgan fingerprint density at radius 3 is 2.29 bits per heavy atom. The van der Waals surface area contributed by atoms with Crippen molar-refractivity contribution in [1.29, 1.82) is 0 Å². The van der Waals surface area contributed by atoms with Crippen molar-refractivity contribution in [3.8, 4) is 0 Å². The number of nitrogens with one attached hydrogen (secondary N) is 1. The van der Waals surface area contributed by atoms with Crippen molar-refractivity contribution in [3.63, 3.8) is 0 Å². The summed E-state index contributed by atoms with van der Waals surface area (Å²) in [5.41, 5.74) is -0.810. The molecule has 0 aliphatic rings. The topological polar surface area (TPSA) is 99.5 Å². The van der Waals surface area contributed by atoms with Gasteiger partial charge in [-0.05, 0) is 41.5 Å². The van der Waals surface area contributed by atoms with Gasteiger partial charge in [-0.1, -0.05) is 0 Å². The van der Waals surface area contributed by atoms with Crippen molar-refractivity contribution in [2.75, 3.05) is 0 Å². The van der Waals surface area contributed by atoms with Gasteiger partial charge in [-0.15, -0.1) is 0 Å². The van der Waals surface area contributed by atoms with Gasteiger partial charge in [-0.2, -0.15) is 0 Å². The molecule has 0 aromatic carbocycles. The number of aldehydes is 1. The monoisotopic (exact) mass is 339 g/mol. The van der Waals surface area contributed by atoms with Gasteiger partial charge >= 0.3 is 12.2 Å². The summed E-state index contributed by atoms with van der Waals surface area (Å²) < 4.78 is 11.5. The van der Waals surface area contributed by atoms with Crippen LogP contribution in [0.25, 0.3) is 0 Å². The number of aromatic nitrogens is 2. The van der Waals surface area contributed by atoms with Crippen LogP contribution in [0.1, 0.15) is 47.2 Å². The second-order valence-electron chi connectivity index (χ2n) is 7.35. The van der Waals surface area contributed by atoms with Crippen molar-refractivity contribution in [1.82, 2.24) is 14.9 Å². The lowest BCUT2D eigenvalue weighted by atomic mass is 10.2. The first kappa shape index (κ1) is 19.7. The first-order valence-electron chi connectivity index (χ1n) is 7.60. The summed E-state index contributed by atoms with van der Waals surface area (Å²) in [6.45, 7) is 10.5. The second kappa shape index (κ2) is 7.46. The number of rotatable bonds is 4. The maximum atomic E-state index is 11.9. The third kappa shape index (κ3) is 7.26. The molecule has 0 aliphatic carbocycles. The molecular formula is C16H25N3O5. The average Bonchev–Trinajstić information content (AvgIpc) is 2.82. The summed E-state index contributed by atoms with van der Waals surface area (Å²) in [4.78, 5) is 38.8. The minimum absolute atomic E-state index is 0.137. The fraction of sp³-hybridized carbons (Fsp3) is 0.625. The van der Waals surface area contributed by atoms with E-state index in [0.29, 0.717) is 12.0 Å². The molecule has 134 valence electrons. The van der Waals surface area contributed by atoms with Crippen molar-refractivity contribution < 1.29 is 23.9 Å². The van der Waals surface area contributed by atoms with Gasteiger partial charge in [0.05, 0.1) is 11.7 Å². The zero-order valence-electron chi connectivity index (χ0n) is 15.0. The van der Waals surface area contributed by atoms with E-state index >= 15 is 0 Å². The van der Waals surface area contributed by atoms with E-state index in [-0.39, 0.29) is 6.42 Å². The summed E-state index contributed by atoms with van der Waals surface area (Å²) in [6, 6.07) is -0.804. The third-order valence-corrected chi connectivity index (χ3v) is 2.54. The maximum Gasteiger partial charge on any atom is 0.419 e. The molecule has 1 aromatic rings. The molecule has 0 bridgehead atoms. The maximum absolute atomic E-state index is 11.9. The van der Waals surface area contributed by atoms with E-state index in [4.69, 9.17) is 9.47 Å². The number of alkyl carbamates (subject to hydrolysis) is 1. The number of hydrogen-bond donors (Lipinski definition) is 1. The number of hydrogen-bond acceptors (Lipinski definition) is 6. The molecular weight excluding hydrogens is 314 g/mol. The Labute approximate surface area is 141 Å². The highest BCUT2D eigenvalue weighted by atomic mass is 16.6. The molecule has 1 atom stereocenters. The highest BCUT2D eigenvalue weighted by Gasteiger charge is 2.21. The van der Waals surface area contributed by atoms with Crippen molar-refractivity contribution >= 4 is 18.5 Å². The highest BCUT2D eigenvalue weighted by molar-refractivity contribution is 5.74. The summed E-state index contributed by atoms with van der Waals surface area (Å²) in [7, 11) is 0. The molecule has 1 amide bonds. The Bertz CT molecular complexity index is 596. The molecule has 0 aliphatic heterocycles. The van der Waals surface area contributed by atoms with Gasteiger partial charge in [0.2, 0.25) is 0 Å². The lowest BCUT2D eigenvalue weighted by Crippen LogP contribution is -2.41. The molecule has 8 nitrogen and oxygen atoms in total. The molecule has 0 fully saturated rings. The summed E-state index contributed by atoms with van der Waals surface area (Å²) >= 11 is 0. The van der Waals surface area contributed by atoms with Crippen molar-refractivity contribution in [2.45, 2.75) is 65.2 Å². The molecule has 1 N–H and O–H groups in total. The van der Waals surface area contributed by atoms with E-state index in [1.807, 2.05) is 0 Å². The number of carbonyl (C=O) groups is 3. The average molecular weight is 339 g/mol. The zero-order chi connectivity index (χ0) is 18.5. The summed E-state index contributed by atoms with van der Waals surface area (Å²) in [5.74, 6) is 0. The van der Waals surface area contributed by atoms with Crippen LogP contribution in [0.3, 0.4) is 0 Å². The molecule has 0 saturated carbocycles. The lowest BCUT2D eigenvalue weighted by Gasteiger charge is -2.21. The second-order valence-corrected chi connectivity index (χ2v) is 7.35. The minimum Gasteiger partial charge on any atom is -0.444 e. The summed E-state index contributed by atoms with van der Waals surface area (Å²) in [5, 5.41) is 2.45. The Balaban J connectivity index is 2.66. The molecule has 0 saturated heterocycles. The van der Waals surface area contributed by atoms with Crippen LogP contribution >= 0.6 is 0 Å². The van der Waals surface area contributed by atoms with Crippen LogP contribution in [-0.2, 0) is 20.7 Å². The Hall–Kier alpha value is -2.38. The first-order chi connectivity index (χ1) is 10.9. The van der Waals surface area contributed by atoms with Gasteiger partial charge in [0.1, 0.15) is 23.8 Å². The van der Waals surface area contributed by atoms with Gasteiger partial charge in [0.15, 0.2) is 0 Å². The van der Waals surface area contributed by atoms with E-state index in [0.717, 1.165) is 0 Å². The molecule has 0 radical (unpaired) electrons. The van der Waals surface area contributed by atoms with Crippen LogP contribution in [0.4, 0.5) is 9.59 Å². The number of carbonyl (C=O) groups excluding carboxylic acids is 3. The molecule has 24 heavy (non-hydrogen) atoms. The fourth-order valence-corrected chi connectivity index (χ4v) is 1.70. The van der Waals surface area contributed by atoms with Gasteiger partial charge < -0.3 is 19.6 Å². The lowest BCUT2D eigenvalue weighted by molar-refractivity contribution is -0.109. The van der Waals surface area contributed by atoms with Crippen LogP contribution in [0, 0.1) is 0 Å². The predicted molar refractivity (Wildman–Crippen MR) is 86.8 cm³/mol. The van der Waals surface area contributed by atoms with Gasteiger partial charge in [0, 0.05) is 12.6 Å². The Morgan fingerprint density at radius 1 is 1.21 bits per heavy atom. The number of ether oxygens (including phenoxy) is 2. The highest BCUT2D eigenvalue weighted by Crippen LogP contribution is 2.10. The standard InChI is InChI=1S/C16H25N3O5/c1-15(2,3)23-13(21)18-12(9-20)7-11-8-19(10-17-11)14(22)24-16(4,5)6/h8-10,12H,7H2,1-6H3,(H,18,21)/t12-/m0/s1. The van der Waals surface area contributed by atoms with Crippen LogP contribution in [0.2, 0.25) is 0 Å². The van der Waals surface area contributed by atoms with E-state index in [1.165, 1.54) is 17.1 Å². The quantitative estimate of drug-likeness (QED) is 0.845. The normalized spacial score (nSPS) is 13.1. The molecule has 0 spiro atoms. The van der Waals surface area contributed by atoms with Crippen LogP contribution in [0.5, 0.6) is 0 Å². The molecule has 1 rings (SSSR count). The first-order valence-corrected chi connectivity index (χ1v) is 7.60. The minimum atomic E-state index is -0.804. The van der Waals surface area contributed by atoms with E-state index in [2.05, 4.69) is 10.3 Å². The van der Waals surface area contributed by atoms with Crippen molar-refractivity contribution in [2.24, 2.45) is 0 Å². The van der Waals surface area contributed by atoms with Crippen molar-refractivity contribution in [3.05, 3.63) is 18.2 Å². The van der Waals surface area contributed by atoms with Crippen LogP contribution in [-0.4, -0.2) is 45.3 Å². The molecule has 1 heterocycles.